The van der Waals surface area contributed by atoms with Crippen molar-refractivity contribution in [3.63, 3.8) is 0 Å². The summed E-state index contributed by atoms with van der Waals surface area (Å²) in [5.74, 6) is 0. The van der Waals surface area contributed by atoms with E-state index in [2.05, 4.69) is 23.5 Å². The van der Waals surface area contributed by atoms with Gasteiger partial charge >= 0.3 is 6.09 Å². The Morgan fingerprint density at radius 3 is 2.73 bits per heavy atom. The van der Waals surface area contributed by atoms with Crippen molar-refractivity contribution in [2.24, 2.45) is 0 Å². The highest BCUT2D eigenvalue weighted by Gasteiger charge is 2.26. The Morgan fingerprint density at radius 1 is 1.32 bits per heavy atom. The van der Waals surface area contributed by atoms with Crippen LogP contribution in [0.4, 0.5) is 10.5 Å². The molecule has 0 radical (unpaired) electrons. The highest BCUT2D eigenvalue weighted by Crippen LogP contribution is 2.25. The molecule has 5 heteroatoms. The standard InChI is InChI=1S/C17H24N2O3/c1-17(2,3)22-16(20)19-7-6-12-4-5-14(8-13(12)9-19)18-15-10-21-11-15/h4-5,8,15,18H,6-7,9-11H2,1-3H3. The number of carbonyl (C=O) groups is 1. The second kappa shape index (κ2) is 5.80. The fraction of sp³-hybridized carbons (Fsp3) is 0.588. The SMILES string of the molecule is CC(C)(C)OC(=O)N1CCc2ccc(NC3COC3)cc2C1. The predicted molar refractivity (Wildman–Crippen MR) is 85.0 cm³/mol. The molecule has 120 valence electrons. The molecule has 0 aromatic heterocycles. The molecule has 0 saturated carbocycles. The molecule has 0 aliphatic carbocycles. The number of nitrogens with zero attached hydrogens (tertiary/aromatic N) is 1. The maximum absolute atomic E-state index is 12.2. The summed E-state index contributed by atoms with van der Waals surface area (Å²) in [5.41, 5.74) is 3.15. The molecule has 22 heavy (non-hydrogen) atoms. The topological polar surface area (TPSA) is 50.8 Å². The first-order valence-electron chi connectivity index (χ1n) is 7.85. The van der Waals surface area contributed by atoms with Crippen LogP contribution in [-0.4, -0.2) is 42.4 Å². The van der Waals surface area contributed by atoms with Crippen LogP contribution in [0.1, 0.15) is 31.9 Å². The third kappa shape index (κ3) is 3.53. The van der Waals surface area contributed by atoms with Crippen LogP contribution in [0.15, 0.2) is 18.2 Å². The highest BCUT2D eigenvalue weighted by atomic mass is 16.6. The van der Waals surface area contributed by atoms with Crippen LogP contribution in [0.2, 0.25) is 0 Å². The zero-order valence-corrected chi connectivity index (χ0v) is 13.5. The Bertz CT molecular complexity index is 562. The second-order valence-corrected chi connectivity index (χ2v) is 7.01. The van der Waals surface area contributed by atoms with E-state index in [9.17, 15) is 4.79 Å². The maximum Gasteiger partial charge on any atom is 0.410 e. The number of nitrogens with one attached hydrogen (secondary N) is 1. The molecule has 1 N–H and O–H groups in total. The lowest BCUT2D eigenvalue weighted by Gasteiger charge is -2.32. The number of rotatable bonds is 2. The molecule has 0 bridgehead atoms. The van der Waals surface area contributed by atoms with E-state index >= 15 is 0 Å². The number of ether oxygens (including phenoxy) is 2. The Kier molecular flexibility index (Phi) is 4.00. The molecule has 0 spiro atoms. The van der Waals surface area contributed by atoms with Crippen LogP contribution in [0.5, 0.6) is 0 Å². The van der Waals surface area contributed by atoms with Gasteiger partial charge in [-0.2, -0.15) is 0 Å². The minimum atomic E-state index is -0.453. The van der Waals surface area contributed by atoms with Gasteiger partial charge in [0.1, 0.15) is 5.60 Å². The van der Waals surface area contributed by atoms with Crippen LogP contribution >= 0.6 is 0 Å². The number of amides is 1. The van der Waals surface area contributed by atoms with Gasteiger partial charge in [-0.15, -0.1) is 0 Å². The van der Waals surface area contributed by atoms with Crippen molar-refractivity contribution < 1.29 is 14.3 Å². The lowest BCUT2D eigenvalue weighted by molar-refractivity contribution is 0.0211. The fourth-order valence-corrected chi connectivity index (χ4v) is 2.68. The molecule has 1 fully saturated rings. The minimum Gasteiger partial charge on any atom is -0.444 e. The second-order valence-electron chi connectivity index (χ2n) is 7.01. The van der Waals surface area contributed by atoms with Crippen LogP contribution in [0.25, 0.3) is 0 Å². The van der Waals surface area contributed by atoms with E-state index in [0.717, 1.165) is 25.3 Å². The van der Waals surface area contributed by atoms with Crippen molar-refractivity contribution in [1.82, 2.24) is 4.90 Å². The summed E-state index contributed by atoms with van der Waals surface area (Å²) >= 11 is 0. The van der Waals surface area contributed by atoms with Gasteiger partial charge in [-0.1, -0.05) is 6.07 Å². The number of hydrogen-bond acceptors (Lipinski definition) is 4. The summed E-state index contributed by atoms with van der Waals surface area (Å²) in [6, 6.07) is 6.82. The molecule has 5 nitrogen and oxygen atoms in total. The number of hydrogen-bond donors (Lipinski definition) is 1. The summed E-state index contributed by atoms with van der Waals surface area (Å²) in [5, 5.41) is 3.45. The Balaban J connectivity index is 1.67. The van der Waals surface area contributed by atoms with Crippen LogP contribution in [0.3, 0.4) is 0 Å². The lowest BCUT2D eigenvalue weighted by Crippen LogP contribution is -2.41. The van der Waals surface area contributed by atoms with E-state index in [1.54, 1.807) is 4.90 Å². The van der Waals surface area contributed by atoms with Gasteiger partial charge in [0.25, 0.3) is 0 Å². The molecule has 1 aromatic rings. The molecule has 1 saturated heterocycles. The van der Waals surface area contributed by atoms with Gasteiger partial charge < -0.3 is 19.7 Å². The third-order valence-corrected chi connectivity index (χ3v) is 3.88. The summed E-state index contributed by atoms with van der Waals surface area (Å²) in [6.07, 6.45) is 0.644. The third-order valence-electron chi connectivity index (χ3n) is 3.88. The van der Waals surface area contributed by atoms with Gasteiger partial charge in [0.2, 0.25) is 0 Å². The molecule has 1 aromatic carbocycles. The van der Waals surface area contributed by atoms with Gasteiger partial charge in [-0.05, 0) is 50.5 Å². The van der Waals surface area contributed by atoms with Crippen LogP contribution in [-0.2, 0) is 22.4 Å². The van der Waals surface area contributed by atoms with E-state index in [0.29, 0.717) is 19.1 Å². The Labute approximate surface area is 131 Å². The van der Waals surface area contributed by atoms with E-state index < -0.39 is 5.60 Å². The van der Waals surface area contributed by atoms with Crippen molar-refractivity contribution in [2.75, 3.05) is 25.1 Å². The molecular weight excluding hydrogens is 280 g/mol. The molecule has 1 amide bonds. The molecule has 2 aliphatic rings. The zero-order valence-electron chi connectivity index (χ0n) is 13.5. The number of carbonyl (C=O) groups excluding carboxylic acids is 1. The van der Waals surface area contributed by atoms with Crippen molar-refractivity contribution in [1.29, 1.82) is 0 Å². The number of fused-ring (bicyclic) bond motifs is 1. The van der Waals surface area contributed by atoms with E-state index in [4.69, 9.17) is 9.47 Å². The molecule has 2 heterocycles. The quantitative estimate of drug-likeness (QED) is 0.913. The first-order valence-corrected chi connectivity index (χ1v) is 7.85. The van der Waals surface area contributed by atoms with Gasteiger partial charge in [0.05, 0.1) is 19.3 Å². The number of anilines is 1. The summed E-state index contributed by atoms with van der Waals surface area (Å²) in [6.45, 7) is 8.54. The van der Waals surface area contributed by atoms with E-state index in [-0.39, 0.29) is 6.09 Å². The summed E-state index contributed by atoms with van der Waals surface area (Å²) in [7, 11) is 0. The molecule has 0 unspecified atom stereocenters. The lowest BCUT2D eigenvalue weighted by atomic mass is 9.99. The van der Waals surface area contributed by atoms with Gasteiger partial charge in [0.15, 0.2) is 0 Å². The first-order chi connectivity index (χ1) is 10.4. The average Bonchev–Trinajstić information content (AvgIpc) is 2.40. The minimum absolute atomic E-state index is 0.232. The van der Waals surface area contributed by atoms with Crippen LogP contribution in [0, 0.1) is 0 Å². The van der Waals surface area contributed by atoms with Crippen molar-refractivity contribution in [3.05, 3.63) is 29.3 Å². The van der Waals surface area contributed by atoms with E-state index in [1.807, 2.05) is 20.8 Å². The van der Waals surface area contributed by atoms with Crippen molar-refractivity contribution in [2.45, 2.75) is 45.4 Å². The van der Waals surface area contributed by atoms with Crippen LogP contribution < -0.4 is 5.32 Å². The van der Waals surface area contributed by atoms with E-state index in [1.165, 1.54) is 11.1 Å². The fourth-order valence-electron chi connectivity index (χ4n) is 2.68. The largest absolute Gasteiger partial charge is 0.444 e. The molecular formula is C17H24N2O3. The Hall–Kier alpha value is -1.75. The molecule has 0 atom stereocenters. The highest BCUT2D eigenvalue weighted by molar-refractivity contribution is 5.69. The van der Waals surface area contributed by atoms with Gasteiger partial charge in [-0.25, -0.2) is 4.79 Å². The smallest absolute Gasteiger partial charge is 0.410 e. The molecule has 3 rings (SSSR count). The Morgan fingerprint density at radius 2 is 2.09 bits per heavy atom. The monoisotopic (exact) mass is 304 g/mol. The van der Waals surface area contributed by atoms with Gasteiger partial charge in [0, 0.05) is 18.8 Å². The van der Waals surface area contributed by atoms with Crippen molar-refractivity contribution in [3.8, 4) is 0 Å². The zero-order chi connectivity index (χ0) is 15.7. The summed E-state index contributed by atoms with van der Waals surface area (Å²) < 4.78 is 10.7. The van der Waals surface area contributed by atoms with Gasteiger partial charge in [-0.3, -0.25) is 0 Å². The maximum atomic E-state index is 12.2. The average molecular weight is 304 g/mol. The molecule has 2 aliphatic heterocycles. The summed E-state index contributed by atoms with van der Waals surface area (Å²) in [4.78, 5) is 14.0. The number of benzene rings is 1. The normalized spacial score (nSPS) is 18.4. The van der Waals surface area contributed by atoms with Crippen molar-refractivity contribution >= 4 is 11.8 Å². The predicted octanol–water partition coefficient (Wildman–Crippen LogP) is 2.79. The first kappa shape index (κ1) is 15.2.